The highest BCUT2D eigenvalue weighted by Crippen LogP contribution is 2.30. The van der Waals surface area contributed by atoms with E-state index in [0.717, 1.165) is 39.6 Å². The topological polar surface area (TPSA) is 49.4 Å². The standard InChI is InChI=1S/C26H25FN2O2S.C7H14.C2H6/c1-5-17(3)7-15-23-18(4)8-9-19(22(23)6-2)10-16-24-25(30)28-29(26(24)31)20-11-13-21(32-27)14-12-20;1-2-4-7-5-3-6-7;1-2/h6-15,17H,2,5H2,1,3-4H3,(H,28,30);7H,2-6H2,1H3;1-2H3/b15-7-;;. The number of hydrogen-bond acceptors (Lipinski definition) is 3. The van der Waals surface area contributed by atoms with Crippen LogP contribution in [0.15, 0.2) is 65.3 Å². The molecular weight excluding hydrogens is 531 g/mol. The van der Waals surface area contributed by atoms with Gasteiger partial charge < -0.3 is 0 Å². The molecule has 1 aliphatic carbocycles. The molecule has 1 saturated heterocycles. The fourth-order valence-electron chi connectivity index (χ4n) is 4.45. The highest BCUT2D eigenvalue weighted by molar-refractivity contribution is 7.94. The first kappa shape index (κ1) is 33.9. The Kier molecular flexibility index (Phi) is 14.4. The first-order valence-corrected chi connectivity index (χ1v) is 15.5. The quantitative estimate of drug-likeness (QED) is 0.184. The molecule has 2 aliphatic rings. The predicted octanol–water partition coefficient (Wildman–Crippen LogP) is 9.90. The zero-order valence-electron chi connectivity index (χ0n) is 25.4. The lowest BCUT2D eigenvalue weighted by atomic mass is 9.82. The molecular formula is C35H45FN2O2S. The van der Waals surface area contributed by atoms with Crippen molar-refractivity contribution >= 4 is 47.9 Å². The number of hydrogen-bond donors (Lipinski definition) is 1. The number of hydrazine groups is 1. The van der Waals surface area contributed by atoms with Gasteiger partial charge in [-0.2, -0.15) is 3.89 Å². The van der Waals surface area contributed by atoms with Gasteiger partial charge in [0.05, 0.1) is 17.8 Å². The molecule has 1 atom stereocenters. The van der Waals surface area contributed by atoms with Gasteiger partial charge in [-0.1, -0.05) is 110 Å². The third-order valence-corrected chi connectivity index (χ3v) is 7.76. The Bertz CT molecular complexity index is 1270. The number of amides is 2. The van der Waals surface area contributed by atoms with Gasteiger partial charge in [0.15, 0.2) is 5.57 Å². The van der Waals surface area contributed by atoms with Crippen LogP contribution in [0.1, 0.15) is 95.4 Å². The molecule has 2 fully saturated rings. The van der Waals surface area contributed by atoms with Gasteiger partial charge in [0.2, 0.25) is 0 Å². The molecule has 4 nitrogen and oxygen atoms in total. The number of rotatable bonds is 9. The van der Waals surface area contributed by atoms with E-state index in [0.29, 0.717) is 16.5 Å². The van der Waals surface area contributed by atoms with Gasteiger partial charge in [-0.3, -0.25) is 15.0 Å². The zero-order valence-corrected chi connectivity index (χ0v) is 26.2. The van der Waals surface area contributed by atoms with E-state index in [1.54, 1.807) is 24.3 Å². The number of aryl methyl sites for hydroxylation is 1. The van der Waals surface area contributed by atoms with E-state index in [4.69, 9.17) is 0 Å². The molecule has 220 valence electrons. The van der Waals surface area contributed by atoms with Crippen LogP contribution in [-0.2, 0) is 9.59 Å². The van der Waals surface area contributed by atoms with E-state index in [1.807, 2.05) is 32.9 Å². The minimum Gasteiger partial charge on any atom is -0.266 e. The van der Waals surface area contributed by atoms with Crippen molar-refractivity contribution in [2.24, 2.45) is 11.8 Å². The maximum atomic E-state index is 12.8. The third kappa shape index (κ3) is 9.34. The van der Waals surface area contributed by atoms with Crippen LogP contribution in [-0.4, -0.2) is 11.8 Å². The van der Waals surface area contributed by atoms with Crippen molar-refractivity contribution in [3.05, 3.63) is 82.6 Å². The summed E-state index contributed by atoms with van der Waals surface area (Å²) in [6.45, 7) is 16.6. The predicted molar refractivity (Wildman–Crippen MR) is 174 cm³/mol. The highest BCUT2D eigenvalue weighted by atomic mass is 32.2. The fourth-order valence-corrected chi connectivity index (χ4v) is 4.69. The SMILES string of the molecule is C=Cc1c(C=C=C2C(=O)NN(c3ccc(SF)cc3)C2=O)ccc(C)c1/C=C\C(C)CC.CC.CCCC1CCC1. The van der Waals surface area contributed by atoms with Gasteiger partial charge in [-0.15, -0.1) is 5.73 Å². The monoisotopic (exact) mass is 576 g/mol. The highest BCUT2D eigenvalue weighted by Gasteiger charge is 2.34. The second-order valence-corrected chi connectivity index (χ2v) is 10.8. The number of nitrogens with one attached hydrogen (secondary N) is 1. The fraction of sp³-hybridized carbons (Fsp3) is 0.400. The normalized spacial score (nSPS) is 15.2. The summed E-state index contributed by atoms with van der Waals surface area (Å²) in [4.78, 5) is 25.6. The molecule has 1 N–H and O–H groups in total. The lowest BCUT2D eigenvalue weighted by Gasteiger charge is -2.24. The number of anilines is 1. The van der Waals surface area contributed by atoms with Crippen molar-refractivity contribution in [1.82, 2.24) is 5.43 Å². The summed E-state index contributed by atoms with van der Waals surface area (Å²) >= 11 is 0.113. The Hall–Kier alpha value is -3.34. The largest absolute Gasteiger partial charge is 0.290 e. The van der Waals surface area contributed by atoms with Crippen molar-refractivity contribution < 1.29 is 13.5 Å². The maximum Gasteiger partial charge on any atom is 0.290 e. The van der Waals surface area contributed by atoms with Crippen LogP contribution in [0.25, 0.3) is 18.2 Å². The first-order chi connectivity index (χ1) is 19.8. The van der Waals surface area contributed by atoms with Gasteiger partial charge in [-0.05, 0) is 71.4 Å². The van der Waals surface area contributed by atoms with Crippen LogP contribution in [0.5, 0.6) is 0 Å². The van der Waals surface area contributed by atoms with Crippen LogP contribution >= 0.6 is 12.1 Å². The van der Waals surface area contributed by atoms with Crippen molar-refractivity contribution in [2.75, 3.05) is 5.01 Å². The van der Waals surface area contributed by atoms with Crippen molar-refractivity contribution in [1.29, 1.82) is 0 Å². The first-order valence-electron chi connectivity index (χ1n) is 14.8. The summed E-state index contributed by atoms with van der Waals surface area (Å²) in [6, 6.07) is 10.1. The molecule has 0 aromatic heterocycles. The van der Waals surface area contributed by atoms with E-state index in [2.05, 4.69) is 50.7 Å². The van der Waals surface area contributed by atoms with Gasteiger partial charge in [0.1, 0.15) is 0 Å². The molecule has 41 heavy (non-hydrogen) atoms. The van der Waals surface area contributed by atoms with Crippen LogP contribution in [0.4, 0.5) is 9.57 Å². The van der Waals surface area contributed by atoms with Gasteiger partial charge in [0.25, 0.3) is 11.8 Å². The average Bonchev–Trinajstić information content (AvgIpc) is 3.27. The lowest BCUT2D eigenvalue weighted by Crippen LogP contribution is -2.35. The summed E-state index contributed by atoms with van der Waals surface area (Å²) in [5.41, 5.74) is 9.63. The number of halogens is 1. The van der Waals surface area contributed by atoms with Crippen LogP contribution < -0.4 is 10.4 Å². The summed E-state index contributed by atoms with van der Waals surface area (Å²) in [7, 11) is 0. The molecule has 0 spiro atoms. The minimum atomic E-state index is -0.542. The summed E-state index contributed by atoms with van der Waals surface area (Å²) in [5, 5.41) is 1.13. The van der Waals surface area contributed by atoms with Crippen LogP contribution in [0.3, 0.4) is 0 Å². The second kappa shape index (κ2) is 17.5. The Morgan fingerprint density at radius 3 is 2.32 bits per heavy atom. The molecule has 1 aliphatic heterocycles. The molecule has 4 rings (SSSR count). The van der Waals surface area contributed by atoms with Gasteiger partial charge in [-0.25, -0.2) is 5.01 Å². The van der Waals surface area contributed by atoms with E-state index in [-0.39, 0.29) is 17.7 Å². The maximum absolute atomic E-state index is 12.8. The van der Waals surface area contributed by atoms with Gasteiger partial charge >= 0.3 is 0 Å². The number of benzene rings is 2. The van der Waals surface area contributed by atoms with E-state index >= 15 is 0 Å². The summed E-state index contributed by atoms with van der Waals surface area (Å²) in [5.74, 6) is 0.525. The lowest BCUT2D eigenvalue weighted by molar-refractivity contribution is -0.117. The van der Waals surface area contributed by atoms with Crippen molar-refractivity contribution in [2.45, 2.75) is 85.0 Å². The Morgan fingerprint density at radius 1 is 1.12 bits per heavy atom. The molecule has 1 heterocycles. The molecule has 0 radical (unpaired) electrons. The van der Waals surface area contributed by atoms with E-state index < -0.39 is 11.8 Å². The van der Waals surface area contributed by atoms with E-state index in [9.17, 15) is 13.5 Å². The van der Waals surface area contributed by atoms with Crippen LogP contribution in [0, 0.1) is 18.8 Å². The number of nitrogens with zero attached hydrogens (tertiary/aromatic N) is 1. The molecule has 1 unspecified atom stereocenters. The molecule has 2 aromatic carbocycles. The van der Waals surface area contributed by atoms with Gasteiger partial charge in [0, 0.05) is 4.90 Å². The second-order valence-electron chi connectivity index (χ2n) is 10.1. The minimum absolute atomic E-state index is 0.0961. The molecule has 6 heteroatoms. The van der Waals surface area contributed by atoms with Crippen LogP contribution in [0.2, 0.25) is 0 Å². The number of carbonyl (C=O) groups is 2. The Labute approximate surface area is 250 Å². The number of allylic oxidation sites excluding steroid dienone is 1. The average molecular weight is 577 g/mol. The molecule has 2 aromatic rings. The summed E-state index contributed by atoms with van der Waals surface area (Å²) in [6.07, 6.45) is 16.1. The Balaban J connectivity index is 0.000000561. The van der Waals surface area contributed by atoms with Crippen molar-refractivity contribution in [3.63, 3.8) is 0 Å². The number of carbonyl (C=O) groups excluding carboxylic acids is 2. The molecule has 1 saturated carbocycles. The smallest absolute Gasteiger partial charge is 0.266 e. The third-order valence-electron chi connectivity index (χ3n) is 7.31. The molecule has 2 amide bonds. The summed E-state index contributed by atoms with van der Waals surface area (Å²) < 4.78 is 12.7. The Morgan fingerprint density at radius 2 is 1.80 bits per heavy atom. The van der Waals surface area contributed by atoms with E-state index in [1.165, 1.54) is 44.2 Å². The molecule has 0 bridgehead atoms. The van der Waals surface area contributed by atoms with Crippen molar-refractivity contribution in [3.8, 4) is 0 Å². The zero-order chi connectivity index (χ0) is 30.4.